The normalized spacial score (nSPS) is 39.2. The number of fused-ring (bicyclic) bond motifs is 1. The van der Waals surface area contributed by atoms with Crippen LogP contribution in [0, 0.1) is 11.8 Å². The minimum Gasteiger partial charge on any atom is -0.241 e. The van der Waals surface area contributed by atoms with Gasteiger partial charge in [0.15, 0.2) is 0 Å². The Hall–Kier alpha value is -0.300. The second kappa shape index (κ2) is 2.75. The van der Waals surface area contributed by atoms with Crippen LogP contribution in [0.15, 0.2) is 12.2 Å². The summed E-state index contributed by atoms with van der Waals surface area (Å²) in [4.78, 5) is 0. The first-order valence-electron chi connectivity index (χ1n) is 4.27. The molecule has 55 valence electrons. The highest BCUT2D eigenvalue weighted by Gasteiger charge is 2.24. The molecule has 0 saturated carbocycles. The van der Waals surface area contributed by atoms with Gasteiger partial charge in [0.25, 0.3) is 0 Å². The zero-order valence-electron chi connectivity index (χ0n) is 6.29. The zero-order valence-corrected chi connectivity index (χ0v) is 6.29. The fourth-order valence-corrected chi connectivity index (χ4v) is 2.01. The summed E-state index contributed by atoms with van der Waals surface area (Å²) in [7, 11) is 0. The average molecular weight is 136 g/mol. The Kier molecular flexibility index (Phi) is 1.76. The van der Waals surface area contributed by atoms with E-state index < -0.39 is 0 Å². The van der Waals surface area contributed by atoms with Crippen molar-refractivity contribution in [2.24, 2.45) is 11.8 Å². The molecule has 0 spiro atoms. The molecular formula is C9H14N. The van der Waals surface area contributed by atoms with Gasteiger partial charge in [0.05, 0.1) is 0 Å². The quantitative estimate of drug-likeness (QED) is 0.449. The third kappa shape index (κ3) is 1.10. The van der Waals surface area contributed by atoms with Gasteiger partial charge in [0.2, 0.25) is 0 Å². The lowest BCUT2D eigenvalue weighted by molar-refractivity contribution is 0.273. The molecule has 1 radical (unpaired) electrons. The summed E-state index contributed by atoms with van der Waals surface area (Å²) in [6.45, 7) is 2.24. The Morgan fingerprint density at radius 2 is 2.30 bits per heavy atom. The molecule has 0 N–H and O–H groups in total. The maximum Gasteiger partial charge on any atom is 0.0167 e. The molecule has 2 rings (SSSR count). The minimum atomic E-state index is 0.881. The van der Waals surface area contributed by atoms with E-state index in [1.54, 1.807) is 0 Å². The molecule has 0 bridgehead atoms. The van der Waals surface area contributed by atoms with Crippen LogP contribution in [0.2, 0.25) is 0 Å². The first kappa shape index (κ1) is 6.41. The number of allylic oxidation sites excluding steroid dienone is 2. The molecule has 2 unspecified atom stereocenters. The predicted octanol–water partition coefficient (Wildman–Crippen LogP) is 1.58. The van der Waals surface area contributed by atoms with Gasteiger partial charge >= 0.3 is 0 Å². The average Bonchev–Trinajstić information content (AvgIpc) is 2.05. The van der Waals surface area contributed by atoms with E-state index in [-0.39, 0.29) is 0 Å². The molecule has 1 aliphatic carbocycles. The van der Waals surface area contributed by atoms with E-state index >= 15 is 0 Å². The van der Waals surface area contributed by atoms with Gasteiger partial charge < -0.3 is 0 Å². The van der Waals surface area contributed by atoms with Gasteiger partial charge in [0, 0.05) is 13.1 Å². The molecule has 1 aliphatic heterocycles. The molecule has 0 amide bonds. The van der Waals surface area contributed by atoms with Gasteiger partial charge in [-0.05, 0) is 31.1 Å². The SMILES string of the molecule is C1=CC2CC[N]CC2CC1. The summed E-state index contributed by atoms with van der Waals surface area (Å²) in [6, 6.07) is 0. The van der Waals surface area contributed by atoms with E-state index in [9.17, 15) is 0 Å². The maximum atomic E-state index is 4.43. The molecule has 2 atom stereocenters. The van der Waals surface area contributed by atoms with Crippen molar-refractivity contribution in [1.82, 2.24) is 5.32 Å². The van der Waals surface area contributed by atoms with Crippen LogP contribution < -0.4 is 5.32 Å². The van der Waals surface area contributed by atoms with Crippen molar-refractivity contribution < 1.29 is 0 Å². The summed E-state index contributed by atoms with van der Waals surface area (Å²) in [6.07, 6.45) is 8.72. The molecule has 0 aromatic carbocycles. The Morgan fingerprint density at radius 1 is 1.30 bits per heavy atom. The highest BCUT2D eigenvalue weighted by Crippen LogP contribution is 2.29. The lowest BCUT2D eigenvalue weighted by Crippen LogP contribution is -2.32. The van der Waals surface area contributed by atoms with Gasteiger partial charge in [-0.1, -0.05) is 12.2 Å². The summed E-state index contributed by atoms with van der Waals surface area (Å²) in [5.41, 5.74) is 0. The first-order chi connectivity index (χ1) is 4.97. The van der Waals surface area contributed by atoms with Crippen molar-refractivity contribution in [2.45, 2.75) is 19.3 Å². The number of rotatable bonds is 0. The van der Waals surface area contributed by atoms with Crippen molar-refractivity contribution in [3.63, 3.8) is 0 Å². The number of nitrogens with zero attached hydrogens (tertiary/aromatic N) is 1. The van der Waals surface area contributed by atoms with Gasteiger partial charge in [-0.3, -0.25) is 0 Å². The molecule has 1 saturated heterocycles. The minimum absolute atomic E-state index is 0.881. The molecule has 0 aromatic heterocycles. The monoisotopic (exact) mass is 136 g/mol. The van der Waals surface area contributed by atoms with Gasteiger partial charge in [-0.2, -0.15) is 0 Å². The number of hydrogen-bond donors (Lipinski definition) is 0. The summed E-state index contributed by atoms with van der Waals surface area (Å²) >= 11 is 0. The Bertz CT molecular complexity index is 140. The topological polar surface area (TPSA) is 14.1 Å². The van der Waals surface area contributed by atoms with E-state index in [1.807, 2.05) is 0 Å². The molecule has 0 aromatic rings. The van der Waals surface area contributed by atoms with Crippen LogP contribution in [0.1, 0.15) is 19.3 Å². The van der Waals surface area contributed by atoms with E-state index in [4.69, 9.17) is 0 Å². The van der Waals surface area contributed by atoms with Gasteiger partial charge in [-0.25, -0.2) is 5.32 Å². The van der Waals surface area contributed by atoms with Crippen molar-refractivity contribution in [1.29, 1.82) is 0 Å². The predicted molar refractivity (Wildman–Crippen MR) is 41.8 cm³/mol. The van der Waals surface area contributed by atoms with Crippen molar-refractivity contribution in [3.05, 3.63) is 12.2 Å². The fraction of sp³-hybridized carbons (Fsp3) is 0.778. The lowest BCUT2D eigenvalue weighted by Gasteiger charge is -2.31. The number of piperidine rings is 1. The summed E-state index contributed by atoms with van der Waals surface area (Å²) in [5.74, 6) is 1.78. The number of hydrogen-bond acceptors (Lipinski definition) is 0. The van der Waals surface area contributed by atoms with Crippen molar-refractivity contribution >= 4 is 0 Å². The fourth-order valence-electron chi connectivity index (χ4n) is 2.01. The molecule has 10 heavy (non-hydrogen) atoms. The molecular weight excluding hydrogens is 122 g/mol. The van der Waals surface area contributed by atoms with E-state index in [2.05, 4.69) is 17.5 Å². The van der Waals surface area contributed by atoms with Crippen LogP contribution in [-0.2, 0) is 0 Å². The third-order valence-electron chi connectivity index (χ3n) is 2.68. The molecule has 1 heterocycles. The first-order valence-corrected chi connectivity index (χ1v) is 4.27. The van der Waals surface area contributed by atoms with Crippen LogP contribution in [0.4, 0.5) is 0 Å². The van der Waals surface area contributed by atoms with Crippen LogP contribution in [-0.4, -0.2) is 13.1 Å². The maximum absolute atomic E-state index is 4.43. The van der Waals surface area contributed by atoms with E-state index in [0.717, 1.165) is 24.9 Å². The van der Waals surface area contributed by atoms with Crippen LogP contribution >= 0.6 is 0 Å². The second-order valence-electron chi connectivity index (χ2n) is 3.35. The Morgan fingerprint density at radius 3 is 3.20 bits per heavy atom. The smallest absolute Gasteiger partial charge is 0.0167 e. The standard InChI is InChI=1S/C9H14N/c1-2-4-9-7-10-6-5-8(9)3-1/h1,3,8-9H,2,4-7H2. The lowest BCUT2D eigenvalue weighted by atomic mass is 9.80. The zero-order chi connectivity index (χ0) is 6.81. The molecule has 1 fully saturated rings. The Balaban J connectivity index is 2.03. The highest BCUT2D eigenvalue weighted by molar-refractivity contribution is 4.99. The Labute approximate surface area is 62.5 Å². The third-order valence-corrected chi connectivity index (χ3v) is 2.68. The molecule has 1 nitrogen and oxygen atoms in total. The molecule has 1 heteroatoms. The van der Waals surface area contributed by atoms with E-state index in [1.165, 1.54) is 19.3 Å². The summed E-state index contributed by atoms with van der Waals surface area (Å²) in [5, 5.41) is 4.43. The van der Waals surface area contributed by atoms with Crippen molar-refractivity contribution in [2.75, 3.05) is 13.1 Å². The summed E-state index contributed by atoms with van der Waals surface area (Å²) < 4.78 is 0. The molecule has 2 aliphatic rings. The van der Waals surface area contributed by atoms with Crippen LogP contribution in [0.5, 0.6) is 0 Å². The van der Waals surface area contributed by atoms with E-state index in [0.29, 0.717) is 0 Å². The van der Waals surface area contributed by atoms with Crippen molar-refractivity contribution in [3.8, 4) is 0 Å². The van der Waals surface area contributed by atoms with Crippen LogP contribution in [0.3, 0.4) is 0 Å². The van der Waals surface area contributed by atoms with Gasteiger partial charge in [-0.15, -0.1) is 0 Å². The highest BCUT2D eigenvalue weighted by atomic mass is 14.9. The van der Waals surface area contributed by atoms with Gasteiger partial charge in [0.1, 0.15) is 0 Å². The second-order valence-corrected chi connectivity index (χ2v) is 3.35. The van der Waals surface area contributed by atoms with Crippen LogP contribution in [0.25, 0.3) is 0 Å². The largest absolute Gasteiger partial charge is 0.241 e.